The number of aromatic nitrogens is 2. The molecule has 5 heteroatoms. The topological polar surface area (TPSA) is 60.9 Å². The number of carbonyl (C=O) groups excluding carboxylic acids is 1. The van der Waals surface area contributed by atoms with Crippen molar-refractivity contribution < 1.29 is 18.6 Å². The molecule has 0 aliphatic carbocycles. The molecule has 0 amide bonds. The third-order valence-electron chi connectivity index (χ3n) is 1.72. The molecule has 0 saturated carbocycles. The van der Waals surface area contributed by atoms with Crippen LogP contribution in [0, 0.1) is 6.92 Å². The van der Waals surface area contributed by atoms with Crippen LogP contribution in [0.2, 0.25) is 0 Å². The minimum Gasteiger partial charge on any atom is -1.00 e. The summed E-state index contributed by atoms with van der Waals surface area (Å²) in [6.07, 6.45) is 1.55. The highest BCUT2D eigenvalue weighted by Crippen LogP contribution is 2.04. The first-order valence-corrected chi connectivity index (χ1v) is 3.38. The van der Waals surface area contributed by atoms with Crippen LogP contribution in [0.15, 0.2) is 6.20 Å². The van der Waals surface area contributed by atoms with Gasteiger partial charge >= 0.3 is 1.43 Å². The molecule has 0 aliphatic heterocycles. The summed E-state index contributed by atoms with van der Waals surface area (Å²) in [7, 11) is 1.79. The van der Waals surface area contributed by atoms with Crippen LogP contribution in [0.25, 0.3) is 0 Å². The van der Waals surface area contributed by atoms with Crippen molar-refractivity contribution in [2.75, 3.05) is 6.54 Å². The van der Waals surface area contributed by atoms with E-state index in [1.54, 1.807) is 17.9 Å². The number of hydrogen-bond donors (Lipinski definition) is 1. The second-order valence-electron chi connectivity index (χ2n) is 2.39. The Hall–Kier alpha value is -0.870. The highest BCUT2D eigenvalue weighted by atomic mass is 35.5. The van der Waals surface area contributed by atoms with Crippen molar-refractivity contribution >= 4 is 5.78 Å². The molecule has 12 heavy (non-hydrogen) atoms. The van der Waals surface area contributed by atoms with Gasteiger partial charge in [-0.05, 0) is 6.92 Å². The van der Waals surface area contributed by atoms with Gasteiger partial charge in [0.1, 0.15) is 0 Å². The van der Waals surface area contributed by atoms with E-state index in [0.717, 1.165) is 5.69 Å². The molecule has 4 nitrogen and oxygen atoms in total. The Kier molecular flexibility index (Phi) is 3.92. The van der Waals surface area contributed by atoms with Crippen LogP contribution in [-0.4, -0.2) is 22.1 Å². The molecule has 0 aromatic carbocycles. The van der Waals surface area contributed by atoms with E-state index in [9.17, 15) is 4.79 Å². The van der Waals surface area contributed by atoms with Crippen LogP contribution in [-0.2, 0) is 7.05 Å². The summed E-state index contributed by atoms with van der Waals surface area (Å²) in [5, 5.41) is 3.93. The maximum absolute atomic E-state index is 11.1. The van der Waals surface area contributed by atoms with Crippen LogP contribution in [0.1, 0.15) is 17.5 Å². The van der Waals surface area contributed by atoms with E-state index in [1.807, 2.05) is 6.92 Å². The fourth-order valence-electron chi connectivity index (χ4n) is 0.882. The van der Waals surface area contributed by atoms with Gasteiger partial charge in [-0.15, -0.1) is 0 Å². The number of aryl methyl sites for hydroxylation is 1. The van der Waals surface area contributed by atoms with Crippen molar-refractivity contribution in [3.05, 3.63) is 17.5 Å². The number of nitrogens with zero attached hydrogens (tertiary/aromatic N) is 2. The minimum absolute atomic E-state index is 0. The second-order valence-corrected chi connectivity index (χ2v) is 2.39. The van der Waals surface area contributed by atoms with E-state index >= 15 is 0 Å². The molecule has 1 aromatic heterocycles. The molecule has 2 N–H and O–H groups in total. The Morgan fingerprint density at radius 3 is 2.75 bits per heavy atom. The van der Waals surface area contributed by atoms with Crippen molar-refractivity contribution in [1.82, 2.24) is 9.78 Å². The summed E-state index contributed by atoms with van der Waals surface area (Å²) in [6, 6.07) is 0. The first kappa shape index (κ1) is 11.1. The normalized spacial score (nSPS) is 9.25. The lowest BCUT2D eigenvalue weighted by molar-refractivity contribution is -0.0000103. The SMILES string of the molecule is Cc1c(C(=O)CN)cnn1C.[Cl-].[H+]. The molecule has 0 saturated heterocycles. The van der Waals surface area contributed by atoms with Crippen LogP contribution >= 0.6 is 0 Å². The molecule has 0 unspecified atom stereocenters. The molecule has 0 radical (unpaired) electrons. The Balaban J connectivity index is 0. The number of hydrogen-bond acceptors (Lipinski definition) is 3. The highest BCUT2D eigenvalue weighted by molar-refractivity contribution is 5.98. The summed E-state index contributed by atoms with van der Waals surface area (Å²) in [6.45, 7) is 1.89. The largest absolute Gasteiger partial charge is 1.00 e. The maximum Gasteiger partial charge on any atom is 1.00 e. The molecular weight excluding hydrogens is 178 g/mol. The average Bonchev–Trinajstić information content (AvgIpc) is 2.32. The van der Waals surface area contributed by atoms with Crippen LogP contribution in [0.5, 0.6) is 0 Å². The van der Waals surface area contributed by atoms with Gasteiger partial charge in [-0.2, -0.15) is 5.10 Å². The Morgan fingerprint density at radius 2 is 2.42 bits per heavy atom. The molecule has 0 aliphatic rings. The number of halogens is 1. The van der Waals surface area contributed by atoms with Crippen molar-refractivity contribution in [3.63, 3.8) is 0 Å². The van der Waals surface area contributed by atoms with Gasteiger partial charge in [0, 0.05) is 12.7 Å². The molecule has 1 aromatic rings. The van der Waals surface area contributed by atoms with E-state index in [2.05, 4.69) is 5.10 Å². The first-order valence-electron chi connectivity index (χ1n) is 3.38. The monoisotopic (exact) mass is 189 g/mol. The predicted octanol–water partition coefficient (Wildman–Crippen LogP) is -3.01. The summed E-state index contributed by atoms with van der Waals surface area (Å²) in [5.74, 6) is -0.0596. The summed E-state index contributed by atoms with van der Waals surface area (Å²) in [5.41, 5.74) is 6.68. The lowest BCUT2D eigenvalue weighted by atomic mass is 10.2. The fourth-order valence-corrected chi connectivity index (χ4v) is 0.882. The number of nitrogens with two attached hydrogens (primary N) is 1. The van der Waals surface area contributed by atoms with E-state index in [1.165, 1.54) is 0 Å². The van der Waals surface area contributed by atoms with Crippen molar-refractivity contribution in [1.29, 1.82) is 0 Å². The van der Waals surface area contributed by atoms with E-state index in [0.29, 0.717) is 5.56 Å². The average molecular weight is 190 g/mol. The van der Waals surface area contributed by atoms with Crippen molar-refractivity contribution in [3.8, 4) is 0 Å². The zero-order valence-corrected chi connectivity index (χ0v) is 7.80. The number of carbonyl (C=O) groups is 1. The summed E-state index contributed by atoms with van der Waals surface area (Å²) < 4.78 is 1.66. The van der Waals surface area contributed by atoms with Gasteiger partial charge in [0.25, 0.3) is 0 Å². The first-order chi connectivity index (χ1) is 5.16. The van der Waals surface area contributed by atoms with Gasteiger partial charge in [-0.3, -0.25) is 9.48 Å². The molecule has 1 rings (SSSR count). The predicted molar refractivity (Wildman–Crippen MR) is 42.4 cm³/mol. The standard InChI is InChI=1S/C7H11N3O.ClH/c1-5-6(7(11)3-8)4-9-10(5)2;/h4H,3,8H2,1-2H3;1H. The van der Waals surface area contributed by atoms with Gasteiger partial charge in [-0.25, -0.2) is 0 Å². The Bertz CT molecular complexity index is 287. The van der Waals surface area contributed by atoms with E-state index in [-0.39, 0.29) is 26.2 Å². The molecule has 0 fully saturated rings. The third-order valence-corrected chi connectivity index (χ3v) is 1.72. The minimum atomic E-state index is -0.0596. The van der Waals surface area contributed by atoms with E-state index in [4.69, 9.17) is 5.73 Å². The highest BCUT2D eigenvalue weighted by Gasteiger charge is 2.09. The smallest absolute Gasteiger partial charge is 1.00 e. The van der Waals surface area contributed by atoms with Gasteiger partial charge in [-0.1, -0.05) is 0 Å². The molecule has 68 valence electrons. The van der Waals surface area contributed by atoms with Gasteiger partial charge in [0.2, 0.25) is 0 Å². The summed E-state index contributed by atoms with van der Waals surface area (Å²) in [4.78, 5) is 11.1. The summed E-state index contributed by atoms with van der Waals surface area (Å²) >= 11 is 0. The number of Topliss-reactive ketones (excluding diaryl/α,β-unsaturated/α-hetero) is 1. The fraction of sp³-hybridized carbons (Fsp3) is 0.429. The zero-order chi connectivity index (χ0) is 8.43. The van der Waals surface area contributed by atoms with Crippen LogP contribution in [0.3, 0.4) is 0 Å². The van der Waals surface area contributed by atoms with Gasteiger partial charge in [0.05, 0.1) is 18.3 Å². The molecule has 0 atom stereocenters. The lowest BCUT2D eigenvalue weighted by Gasteiger charge is -1.95. The Labute approximate surface area is 78.6 Å². The molecule has 1 heterocycles. The number of ketones is 1. The molecule has 0 spiro atoms. The molecule has 0 bridgehead atoms. The van der Waals surface area contributed by atoms with Crippen molar-refractivity contribution in [2.24, 2.45) is 12.8 Å². The number of rotatable bonds is 2. The van der Waals surface area contributed by atoms with Crippen molar-refractivity contribution in [2.45, 2.75) is 6.92 Å². The lowest BCUT2D eigenvalue weighted by Crippen LogP contribution is -3.00. The Morgan fingerprint density at radius 1 is 1.83 bits per heavy atom. The van der Waals surface area contributed by atoms with Gasteiger partial charge < -0.3 is 18.1 Å². The van der Waals surface area contributed by atoms with Crippen LogP contribution in [0.4, 0.5) is 0 Å². The third kappa shape index (κ3) is 1.84. The maximum atomic E-state index is 11.1. The van der Waals surface area contributed by atoms with Gasteiger partial charge in [0.15, 0.2) is 5.78 Å². The quantitative estimate of drug-likeness (QED) is 0.504. The van der Waals surface area contributed by atoms with E-state index < -0.39 is 0 Å². The zero-order valence-electron chi connectivity index (χ0n) is 8.04. The molecular formula is C7H12ClN3O. The van der Waals surface area contributed by atoms with Crippen LogP contribution < -0.4 is 18.1 Å². The second kappa shape index (κ2) is 4.23.